The molecule has 5 nitrogen and oxygen atoms in total. The Morgan fingerprint density at radius 3 is 2.62 bits per heavy atom. The molecule has 154 valence electrons. The SMILES string of the molecule is CNC(=O)[C@]1(Cc2cccc(-c3ccncc3)c2)CCCN(C(=O)CC(C)C)C1. The average molecular weight is 394 g/mol. The number of amides is 2. The second-order valence-electron chi connectivity index (χ2n) is 8.49. The molecule has 0 radical (unpaired) electrons. The fourth-order valence-corrected chi connectivity index (χ4v) is 4.29. The molecule has 1 aromatic carbocycles. The van der Waals surface area contributed by atoms with Crippen molar-refractivity contribution in [3.05, 3.63) is 54.4 Å². The first-order valence-corrected chi connectivity index (χ1v) is 10.4. The molecule has 0 bridgehead atoms. The van der Waals surface area contributed by atoms with Crippen molar-refractivity contribution in [3.63, 3.8) is 0 Å². The lowest BCUT2D eigenvalue weighted by atomic mass is 9.74. The molecule has 1 aromatic heterocycles. The molecule has 2 heterocycles. The molecular weight excluding hydrogens is 362 g/mol. The number of nitrogens with zero attached hydrogens (tertiary/aromatic N) is 2. The topological polar surface area (TPSA) is 62.3 Å². The van der Waals surface area contributed by atoms with Crippen LogP contribution in [0.15, 0.2) is 48.8 Å². The zero-order chi connectivity index (χ0) is 20.9. The van der Waals surface area contributed by atoms with Crippen LogP contribution >= 0.6 is 0 Å². The normalized spacial score (nSPS) is 19.2. The minimum Gasteiger partial charge on any atom is -0.359 e. The van der Waals surface area contributed by atoms with Crippen molar-refractivity contribution in [1.82, 2.24) is 15.2 Å². The minimum atomic E-state index is -0.587. The van der Waals surface area contributed by atoms with E-state index >= 15 is 0 Å². The third kappa shape index (κ3) is 5.03. The fraction of sp³-hybridized carbons (Fsp3) is 0.458. The van der Waals surface area contributed by atoms with Crippen LogP contribution in [0.4, 0.5) is 0 Å². The van der Waals surface area contributed by atoms with Gasteiger partial charge in [-0.15, -0.1) is 0 Å². The Hall–Kier alpha value is -2.69. The molecule has 0 unspecified atom stereocenters. The van der Waals surface area contributed by atoms with Crippen LogP contribution in [0.3, 0.4) is 0 Å². The standard InChI is InChI=1S/C24H31N3O2/c1-18(2)14-22(28)27-13-5-10-24(17-27,23(29)25-3)16-19-6-4-7-21(15-19)20-8-11-26-12-9-20/h4,6-9,11-12,15,18H,5,10,13-14,16-17H2,1-3H3,(H,25,29)/t24-/m0/s1. The Labute approximate surface area is 173 Å². The molecule has 5 heteroatoms. The lowest BCUT2D eigenvalue weighted by Crippen LogP contribution is -2.54. The van der Waals surface area contributed by atoms with Crippen molar-refractivity contribution >= 4 is 11.8 Å². The van der Waals surface area contributed by atoms with Crippen LogP contribution < -0.4 is 5.32 Å². The Balaban J connectivity index is 1.86. The fourth-order valence-electron chi connectivity index (χ4n) is 4.29. The van der Waals surface area contributed by atoms with Gasteiger partial charge in [-0.25, -0.2) is 0 Å². The summed E-state index contributed by atoms with van der Waals surface area (Å²) in [4.78, 5) is 31.6. The predicted molar refractivity (Wildman–Crippen MR) is 115 cm³/mol. The molecule has 2 amide bonds. The minimum absolute atomic E-state index is 0.0221. The summed E-state index contributed by atoms with van der Waals surface area (Å²) >= 11 is 0. The molecule has 1 aliphatic heterocycles. The van der Waals surface area contributed by atoms with Crippen molar-refractivity contribution in [3.8, 4) is 11.1 Å². The quantitative estimate of drug-likeness (QED) is 0.814. The zero-order valence-corrected chi connectivity index (χ0v) is 17.6. The van der Waals surface area contributed by atoms with Crippen molar-refractivity contribution in [2.45, 2.75) is 39.5 Å². The van der Waals surface area contributed by atoms with Gasteiger partial charge in [0.2, 0.25) is 11.8 Å². The highest BCUT2D eigenvalue weighted by molar-refractivity contribution is 5.85. The third-order valence-corrected chi connectivity index (χ3v) is 5.70. The zero-order valence-electron chi connectivity index (χ0n) is 17.6. The molecule has 2 aromatic rings. The largest absolute Gasteiger partial charge is 0.359 e. The van der Waals surface area contributed by atoms with Crippen LogP contribution in [0.2, 0.25) is 0 Å². The number of piperidine rings is 1. The summed E-state index contributed by atoms with van der Waals surface area (Å²) in [5.41, 5.74) is 2.74. The predicted octanol–water partition coefficient (Wildman–Crippen LogP) is 3.69. The van der Waals surface area contributed by atoms with Crippen LogP contribution in [-0.4, -0.2) is 41.8 Å². The monoisotopic (exact) mass is 393 g/mol. The number of carbonyl (C=O) groups excluding carboxylic acids is 2. The molecule has 29 heavy (non-hydrogen) atoms. The number of hydrogen-bond acceptors (Lipinski definition) is 3. The maximum Gasteiger partial charge on any atom is 0.228 e. The smallest absolute Gasteiger partial charge is 0.228 e. The molecule has 1 fully saturated rings. The highest BCUT2D eigenvalue weighted by Crippen LogP contribution is 2.35. The van der Waals surface area contributed by atoms with Gasteiger partial charge in [-0.2, -0.15) is 0 Å². The van der Waals surface area contributed by atoms with E-state index < -0.39 is 5.41 Å². The highest BCUT2D eigenvalue weighted by atomic mass is 16.2. The Kier molecular flexibility index (Phi) is 6.68. The van der Waals surface area contributed by atoms with Gasteiger partial charge in [-0.05, 0) is 54.0 Å². The summed E-state index contributed by atoms with van der Waals surface area (Å²) in [7, 11) is 1.69. The van der Waals surface area contributed by atoms with Crippen LogP contribution in [0.1, 0.15) is 38.7 Å². The first kappa shape index (κ1) is 21.0. The second kappa shape index (κ2) is 9.21. The van der Waals surface area contributed by atoms with E-state index in [1.54, 1.807) is 19.4 Å². The van der Waals surface area contributed by atoms with Gasteiger partial charge in [0.15, 0.2) is 0 Å². The van der Waals surface area contributed by atoms with Crippen LogP contribution in [0.25, 0.3) is 11.1 Å². The number of hydrogen-bond donors (Lipinski definition) is 1. The molecule has 3 rings (SSSR count). The number of aromatic nitrogens is 1. The molecule has 0 aliphatic carbocycles. The third-order valence-electron chi connectivity index (χ3n) is 5.70. The van der Waals surface area contributed by atoms with Gasteiger partial charge in [-0.3, -0.25) is 14.6 Å². The molecule has 1 N–H and O–H groups in total. The summed E-state index contributed by atoms with van der Waals surface area (Å²) in [5, 5.41) is 2.86. The molecule has 1 atom stereocenters. The van der Waals surface area contributed by atoms with Crippen molar-refractivity contribution in [2.75, 3.05) is 20.1 Å². The molecular formula is C24H31N3O2. The van der Waals surface area contributed by atoms with E-state index in [4.69, 9.17) is 0 Å². The summed E-state index contributed by atoms with van der Waals surface area (Å²) in [5.74, 6) is 0.489. The van der Waals surface area contributed by atoms with Crippen LogP contribution in [0.5, 0.6) is 0 Å². The maximum atomic E-state index is 13.0. The van der Waals surface area contributed by atoms with Gasteiger partial charge in [0.25, 0.3) is 0 Å². The van der Waals surface area contributed by atoms with E-state index in [2.05, 4.69) is 42.3 Å². The Bertz CT molecular complexity index is 850. The van der Waals surface area contributed by atoms with Gasteiger partial charge in [0, 0.05) is 39.0 Å². The number of pyridine rings is 1. The van der Waals surface area contributed by atoms with Crippen molar-refractivity contribution in [2.24, 2.45) is 11.3 Å². The lowest BCUT2D eigenvalue weighted by molar-refractivity contribution is -0.141. The summed E-state index contributed by atoms with van der Waals surface area (Å²) in [6.45, 7) is 5.33. The Morgan fingerprint density at radius 1 is 1.17 bits per heavy atom. The average Bonchev–Trinajstić information content (AvgIpc) is 2.73. The maximum absolute atomic E-state index is 13.0. The number of likely N-dealkylation sites (tertiary alicyclic amines) is 1. The van der Waals surface area contributed by atoms with Crippen LogP contribution in [-0.2, 0) is 16.0 Å². The van der Waals surface area contributed by atoms with E-state index in [1.807, 2.05) is 23.1 Å². The summed E-state index contributed by atoms with van der Waals surface area (Å²) in [6.07, 6.45) is 6.36. The van der Waals surface area contributed by atoms with Gasteiger partial charge < -0.3 is 10.2 Å². The first-order valence-electron chi connectivity index (χ1n) is 10.4. The van der Waals surface area contributed by atoms with E-state index in [0.29, 0.717) is 25.3 Å². The van der Waals surface area contributed by atoms with Gasteiger partial charge >= 0.3 is 0 Å². The summed E-state index contributed by atoms with van der Waals surface area (Å²) < 4.78 is 0. The van der Waals surface area contributed by atoms with Gasteiger partial charge in [-0.1, -0.05) is 38.1 Å². The van der Waals surface area contributed by atoms with Gasteiger partial charge in [0.05, 0.1) is 5.41 Å². The van der Waals surface area contributed by atoms with E-state index in [1.165, 1.54) is 0 Å². The molecule has 1 aliphatic rings. The summed E-state index contributed by atoms with van der Waals surface area (Å²) in [6, 6.07) is 12.3. The number of carbonyl (C=O) groups is 2. The molecule has 1 saturated heterocycles. The second-order valence-corrected chi connectivity index (χ2v) is 8.49. The van der Waals surface area contributed by atoms with Crippen molar-refractivity contribution < 1.29 is 9.59 Å². The van der Waals surface area contributed by atoms with E-state index in [9.17, 15) is 9.59 Å². The first-order chi connectivity index (χ1) is 13.9. The highest BCUT2D eigenvalue weighted by Gasteiger charge is 2.43. The number of rotatable bonds is 6. The van der Waals surface area contributed by atoms with Gasteiger partial charge in [0.1, 0.15) is 0 Å². The number of nitrogens with one attached hydrogen (secondary N) is 1. The molecule has 0 spiro atoms. The number of benzene rings is 1. The van der Waals surface area contributed by atoms with Crippen LogP contribution in [0, 0.1) is 11.3 Å². The lowest BCUT2D eigenvalue weighted by Gasteiger charge is -2.42. The van der Waals surface area contributed by atoms with Crippen molar-refractivity contribution in [1.29, 1.82) is 0 Å². The van der Waals surface area contributed by atoms with E-state index in [0.717, 1.165) is 36.1 Å². The van der Waals surface area contributed by atoms with E-state index in [-0.39, 0.29) is 11.8 Å². The molecule has 0 saturated carbocycles. The Morgan fingerprint density at radius 2 is 1.93 bits per heavy atom.